The molecule has 0 saturated carbocycles. The molecule has 4 nitrogen and oxygen atoms in total. The van der Waals surface area contributed by atoms with Crippen molar-refractivity contribution in [3.05, 3.63) is 71.5 Å². The first-order valence-electron chi connectivity index (χ1n) is 8.29. The molecule has 0 aliphatic heterocycles. The van der Waals surface area contributed by atoms with Gasteiger partial charge >= 0.3 is 0 Å². The van der Waals surface area contributed by atoms with E-state index in [-0.39, 0.29) is 17.5 Å². The monoisotopic (exact) mass is 335 g/mol. The first-order chi connectivity index (χ1) is 12.1. The highest BCUT2D eigenvalue weighted by Crippen LogP contribution is 2.35. The fraction of sp³-hybridized carbons (Fsp3) is 0.238. The predicted molar refractivity (Wildman–Crippen MR) is 98.8 cm³/mol. The molecule has 2 aromatic rings. The van der Waals surface area contributed by atoms with Gasteiger partial charge in [0.1, 0.15) is 17.2 Å². The second-order valence-corrected chi connectivity index (χ2v) is 6.13. The van der Waals surface area contributed by atoms with Crippen molar-refractivity contribution in [3.8, 4) is 5.75 Å². The zero-order valence-electron chi connectivity index (χ0n) is 14.4. The second-order valence-electron chi connectivity index (χ2n) is 6.13. The van der Waals surface area contributed by atoms with Crippen LogP contribution in [0.4, 0.5) is 5.69 Å². The Labute approximate surface area is 147 Å². The topological polar surface area (TPSA) is 58.9 Å². The molecule has 0 saturated heterocycles. The number of methoxy groups -OCH3 is 1. The molecule has 0 aromatic heterocycles. The number of aliphatic hydroxyl groups excluding tert-OH is 1. The van der Waals surface area contributed by atoms with Crippen LogP contribution >= 0.6 is 0 Å². The van der Waals surface area contributed by atoms with E-state index in [1.54, 1.807) is 14.0 Å². The molecule has 128 valence electrons. The minimum Gasteiger partial charge on any atom is -0.511 e. The fourth-order valence-corrected chi connectivity index (χ4v) is 3.22. The Morgan fingerprint density at radius 1 is 1.08 bits per heavy atom. The SMILES string of the molecule is COc1ccccc1N=C(C)C1=C(O)C[C@H](c2ccccc2)CC1=O. The Bertz CT molecular complexity index is 837. The molecule has 0 spiro atoms. The van der Waals surface area contributed by atoms with E-state index in [4.69, 9.17) is 4.74 Å². The van der Waals surface area contributed by atoms with Crippen LogP contribution < -0.4 is 4.74 Å². The number of ether oxygens (including phenoxy) is 1. The van der Waals surface area contributed by atoms with Gasteiger partial charge in [-0.05, 0) is 30.5 Å². The average molecular weight is 335 g/mol. The minimum atomic E-state index is -0.0752. The van der Waals surface area contributed by atoms with Gasteiger partial charge in [0.25, 0.3) is 0 Å². The molecule has 25 heavy (non-hydrogen) atoms. The average Bonchev–Trinajstić information content (AvgIpc) is 2.62. The van der Waals surface area contributed by atoms with Gasteiger partial charge in [-0.15, -0.1) is 0 Å². The Morgan fingerprint density at radius 3 is 2.44 bits per heavy atom. The van der Waals surface area contributed by atoms with E-state index >= 15 is 0 Å². The van der Waals surface area contributed by atoms with Gasteiger partial charge in [-0.2, -0.15) is 0 Å². The van der Waals surface area contributed by atoms with E-state index in [0.29, 0.717) is 35.6 Å². The van der Waals surface area contributed by atoms with Crippen molar-refractivity contribution in [1.29, 1.82) is 0 Å². The van der Waals surface area contributed by atoms with Gasteiger partial charge in [0.15, 0.2) is 5.78 Å². The molecule has 1 aliphatic rings. The van der Waals surface area contributed by atoms with E-state index in [0.717, 1.165) is 5.56 Å². The summed E-state index contributed by atoms with van der Waals surface area (Å²) in [5, 5.41) is 10.5. The van der Waals surface area contributed by atoms with Gasteiger partial charge in [-0.1, -0.05) is 42.5 Å². The standard InChI is InChI=1S/C21H21NO3/c1-14(22-17-10-6-7-11-20(17)25-2)21-18(23)12-16(13-19(21)24)15-8-4-3-5-9-15/h3-11,16,23H,12-13H2,1-2H3/t16-/m0/s1. The number of nitrogens with zero attached hydrogens (tertiary/aromatic N) is 1. The van der Waals surface area contributed by atoms with Gasteiger partial charge < -0.3 is 9.84 Å². The lowest BCUT2D eigenvalue weighted by atomic mass is 9.81. The lowest BCUT2D eigenvalue weighted by Crippen LogP contribution is -2.22. The van der Waals surface area contributed by atoms with Crippen LogP contribution in [0.3, 0.4) is 0 Å². The van der Waals surface area contributed by atoms with Crippen molar-refractivity contribution in [2.45, 2.75) is 25.7 Å². The highest BCUT2D eigenvalue weighted by molar-refractivity contribution is 6.23. The summed E-state index contributed by atoms with van der Waals surface area (Å²) >= 11 is 0. The van der Waals surface area contributed by atoms with Gasteiger partial charge in [0.05, 0.1) is 18.4 Å². The summed E-state index contributed by atoms with van der Waals surface area (Å²) < 4.78 is 5.29. The highest BCUT2D eigenvalue weighted by atomic mass is 16.5. The summed E-state index contributed by atoms with van der Waals surface area (Å²) in [6.07, 6.45) is 0.825. The van der Waals surface area contributed by atoms with Crippen LogP contribution in [-0.2, 0) is 4.79 Å². The van der Waals surface area contributed by atoms with E-state index < -0.39 is 0 Å². The third-order valence-corrected chi connectivity index (χ3v) is 4.45. The van der Waals surface area contributed by atoms with Crippen molar-refractivity contribution >= 4 is 17.2 Å². The summed E-state index contributed by atoms with van der Waals surface area (Å²) in [5.74, 6) is 0.680. The van der Waals surface area contributed by atoms with Gasteiger partial charge in [-0.3, -0.25) is 4.79 Å². The first kappa shape index (κ1) is 17.0. The summed E-state index contributed by atoms with van der Waals surface area (Å²) in [5.41, 5.74) is 2.55. The minimum absolute atomic E-state index is 0.0107. The fourth-order valence-electron chi connectivity index (χ4n) is 3.22. The number of ketones is 1. The normalized spacial score (nSPS) is 18.4. The Kier molecular flexibility index (Phi) is 4.98. The maximum atomic E-state index is 12.6. The number of carbonyl (C=O) groups excluding carboxylic acids is 1. The number of hydrogen-bond donors (Lipinski definition) is 1. The quantitative estimate of drug-likeness (QED) is 0.821. The molecule has 1 atom stereocenters. The van der Waals surface area contributed by atoms with Crippen molar-refractivity contribution in [3.63, 3.8) is 0 Å². The van der Waals surface area contributed by atoms with Crippen LogP contribution in [-0.4, -0.2) is 23.7 Å². The zero-order chi connectivity index (χ0) is 17.8. The van der Waals surface area contributed by atoms with Gasteiger partial charge in [0, 0.05) is 12.8 Å². The molecule has 0 amide bonds. The number of hydrogen-bond acceptors (Lipinski definition) is 4. The van der Waals surface area contributed by atoms with Crippen LogP contribution in [0, 0.1) is 0 Å². The first-order valence-corrected chi connectivity index (χ1v) is 8.29. The smallest absolute Gasteiger partial charge is 0.168 e. The molecular weight excluding hydrogens is 314 g/mol. The van der Waals surface area contributed by atoms with E-state index in [1.165, 1.54) is 0 Å². The van der Waals surface area contributed by atoms with E-state index in [2.05, 4.69) is 4.99 Å². The molecule has 0 bridgehead atoms. The number of Topliss-reactive ketones (excluding diaryl/α,β-unsaturated/α-hetero) is 1. The lowest BCUT2D eigenvalue weighted by Gasteiger charge is -2.23. The molecule has 0 heterocycles. The van der Waals surface area contributed by atoms with Crippen LogP contribution in [0.25, 0.3) is 0 Å². The van der Waals surface area contributed by atoms with Crippen LogP contribution in [0.15, 0.2) is 70.9 Å². The Morgan fingerprint density at radius 2 is 1.76 bits per heavy atom. The predicted octanol–water partition coefficient (Wildman–Crippen LogP) is 4.75. The summed E-state index contributed by atoms with van der Waals surface area (Å²) in [7, 11) is 1.58. The van der Waals surface area contributed by atoms with Crippen molar-refractivity contribution in [2.24, 2.45) is 4.99 Å². The number of carbonyl (C=O) groups is 1. The largest absolute Gasteiger partial charge is 0.511 e. The Hall–Kier alpha value is -2.88. The maximum absolute atomic E-state index is 12.6. The summed E-state index contributed by atoms with van der Waals surface area (Å²) in [6.45, 7) is 1.75. The molecule has 0 radical (unpaired) electrons. The molecule has 0 fully saturated rings. The molecule has 1 N–H and O–H groups in total. The van der Waals surface area contributed by atoms with Crippen LogP contribution in [0.5, 0.6) is 5.75 Å². The maximum Gasteiger partial charge on any atom is 0.168 e. The van der Waals surface area contributed by atoms with Crippen molar-refractivity contribution in [2.75, 3.05) is 7.11 Å². The zero-order valence-corrected chi connectivity index (χ0v) is 14.4. The molecular formula is C21H21NO3. The molecule has 2 aromatic carbocycles. The number of aliphatic hydroxyl groups is 1. The number of aliphatic imine (C=N–C) groups is 1. The number of para-hydroxylation sites is 2. The van der Waals surface area contributed by atoms with Gasteiger partial charge in [0.2, 0.25) is 0 Å². The number of allylic oxidation sites excluding steroid dienone is 2. The molecule has 3 rings (SSSR count). The van der Waals surface area contributed by atoms with E-state index in [9.17, 15) is 9.90 Å². The third kappa shape index (κ3) is 3.63. The van der Waals surface area contributed by atoms with E-state index in [1.807, 2.05) is 54.6 Å². The molecule has 1 aliphatic carbocycles. The second kappa shape index (κ2) is 7.34. The molecule has 4 heteroatoms. The summed E-state index contributed by atoms with van der Waals surface area (Å²) in [4.78, 5) is 17.1. The number of benzene rings is 2. The van der Waals surface area contributed by atoms with Gasteiger partial charge in [-0.25, -0.2) is 4.99 Å². The Balaban J connectivity index is 1.91. The summed E-state index contributed by atoms with van der Waals surface area (Å²) in [6, 6.07) is 17.2. The number of rotatable bonds is 4. The van der Waals surface area contributed by atoms with Crippen molar-refractivity contribution < 1.29 is 14.6 Å². The third-order valence-electron chi connectivity index (χ3n) is 4.45. The molecule has 0 unspecified atom stereocenters. The van der Waals surface area contributed by atoms with Crippen molar-refractivity contribution in [1.82, 2.24) is 0 Å². The van der Waals surface area contributed by atoms with Crippen LogP contribution in [0.1, 0.15) is 31.2 Å². The highest BCUT2D eigenvalue weighted by Gasteiger charge is 2.30. The van der Waals surface area contributed by atoms with Crippen LogP contribution in [0.2, 0.25) is 0 Å². The lowest BCUT2D eigenvalue weighted by molar-refractivity contribution is -0.116.